The topological polar surface area (TPSA) is 58.2 Å². The Kier molecular flexibility index (Phi) is 3.98. The summed E-state index contributed by atoms with van der Waals surface area (Å²) < 4.78 is 0.888. The molecule has 1 fully saturated rings. The minimum absolute atomic E-state index is 0.0875. The molecule has 1 aromatic rings. The summed E-state index contributed by atoms with van der Waals surface area (Å²) in [5, 5.41) is 5.52. The van der Waals surface area contributed by atoms with Crippen molar-refractivity contribution in [3.8, 4) is 0 Å². The molecule has 5 heteroatoms. The number of piperidine rings is 1. The number of carbonyl (C=O) groups excluding carboxylic acids is 2. The SMILES string of the molecule is O=C(NC1CCCNC1=O)c1ccccc1I. The molecule has 1 aliphatic rings. The molecule has 1 aliphatic heterocycles. The van der Waals surface area contributed by atoms with Crippen molar-refractivity contribution in [3.63, 3.8) is 0 Å². The zero-order valence-electron chi connectivity index (χ0n) is 9.20. The lowest BCUT2D eigenvalue weighted by atomic mass is 10.1. The van der Waals surface area contributed by atoms with Crippen LogP contribution in [-0.2, 0) is 4.79 Å². The van der Waals surface area contributed by atoms with Crippen molar-refractivity contribution in [1.82, 2.24) is 10.6 Å². The molecule has 2 N–H and O–H groups in total. The van der Waals surface area contributed by atoms with Gasteiger partial charge in [0.1, 0.15) is 6.04 Å². The maximum absolute atomic E-state index is 12.0. The Morgan fingerprint density at radius 2 is 2.18 bits per heavy atom. The maximum Gasteiger partial charge on any atom is 0.253 e. The number of hydrogen-bond donors (Lipinski definition) is 2. The first kappa shape index (κ1) is 12.3. The Morgan fingerprint density at radius 3 is 2.88 bits per heavy atom. The minimum atomic E-state index is -0.396. The molecule has 1 atom stereocenters. The minimum Gasteiger partial charge on any atom is -0.354 e. The molecule has 1 unspecified atom stereocenters. The number of rotatable bonds is 2. The second-order valence-electron chi connectivity index (χ2n) is 3.94. The summed E-state index contributed by atoms with van der Waals surface area (Å²) in [6.07, 6.45) is 1.61. The van der Waals surface area contributed by atoms with E-state index in [1.165, 1.54) is 0 Å². The maximum atomic E-state index is 12.0. The van der Waals surface area contributed by atoms with Crippen molar-refractivity contribution in [2.24, 2.45) is 0 Å². The van der Waals surface area contributed by atoms with Crippen LogP contribution in [0.1, 0.15) is 23.2 Å². The zero-order chi connectivity index (χ0) is 12.3. The molecule has 1 saturated heterocycles. The number of amides is 2. The molecule has 0 radical (unpaired) electrons. The first-order valence-corrected chi connectivity index (χ1v) is 6.59. The molecule has 90 valence electrons. The first-order chi connectivity index (χ1) is 8.18. The summed E-state index contributed by atoms with van der Waals surface area (Å²) >= 11 is 2.11. The standard InChI is InChI=1S/C12H13IN2O2/c13-9-5-2-1-4-8(9)11(16)15-10-6-3-7-14-12(10)17/h1-2,4-5,10H,3,6-7H2,(H,14,17)(H,15,16). The number of halogens is 1. The van der Waals surface area contributed by atoms with E-state index >= 15 is 0 Å². The van der Waals surface area contributed by atoms with Crippen LogP contribution in [0.5, 0.6) is 0 Å². The second kappa shape index (κ2) is 5.48. The molecule has 0 aliphatic carbocycles. The van der Waals surface area contributed by atoms with E-state index in [0.717, 1.165) is 9.99 Å². The van der Waals surface area contributed by atoms with E-state index < -0.39 is 6.04 Å². The van der Waals surface area contributed by atoms with Crippen molar-refractivity contribution < 1.29 is 9.59 Å². The summed E-state index contributed by atoms with van der Waals surface area (Å²) in [6, 6.07) is 6.94. The normalized spacial score (nSPS) is 19.6. The highest BCUT2D eigenvalue weighted by Gasteiger charge is 2.24. The van der Waals surface area contributed by atoms with Crippen LogP contribution in [0, 0.1) is 3.57 Å². The van der Waals surface area contributed by atoms with Crippen LogP contribution in [0.4, 0.5) is 0 Å². The van der Waals surface area contributed by atoms with E-state index in [0.29, 0.717) is 18.5 Å². The van der Waals surface area contributed by atoms with Gasteiger partial charge in [0.05, 0.1) is 5.56 Å². The Bertz CT molecular complexity index is 448. The monoisotopic (exact) mass is 344 g/mol. The van der Waals surface area contributed by atoms with Gasteiger partial charge in [-0.1, -0.05) is 12.1 Å². The number of hydrogen-bond acceptors (Lipinski definition) is 2. The summed E-state index contributed by atoms with van der Waals surface area (Å²) in [7, 11) is 0. The van der Waals surface area contributed by atoms with Gasteiger partial charge in [0.15, 0.2) is 0 Å². The summed E-state index contributed by atoms with van der Waals surface area (Å²) in [6.45, 7) is 0.702. The molecule has 2 amide bonds. The molecule has 1 heterocycles. The van der Waals surface area contributed by atoms with Crippen LogP contribution in [0.25, 0.3) is 0 Å². The summed E-state index contributed by atoms with van der Waals surface area (Å²) in [5.41, 5.74) is 0.617. The lowest BCUT2D eigenvalue weighted by molar-refractivity contribution is -0.124. The van der Waals surface area contributed by atoms with Crippen LogP contribution >= 0.6 is 22.6 Å². The number of benzene rings is 1. The Morgan fingerprint density at radius 1 is 1.41 bits per heavy atom. The third-order valence-electron chi connectivity index (χ3n) is 2.71. The van der Waals surface area contributed by atoms with Crippen LogP contribution in [-0.4, -0.2) is 24.4 Å². The molecule has 1 aromatic carbocycles. The molecule has 2 rings (SSSR count). The van der Waals surface area contributed by atoms with Gasteiger partial charge in [-0.15, -0.1) is 0 Å². The van der Waals surface area contributed by atoms with E-state index in [1.54, 1.807) is 6.07 Å². The fraction of sp³-hybridized carbons (Fsp3) is 0.333. The van der Waals surface area contributed by atoms with E-state index in [2.05, 4.69) is 33.2 Å². The number of nitrogens with one attached hydrogen (secondary N) is 2. The zero-order valence-corrected chi connectivity index (χ0v) is 11.4. The van der Waals surface area contributed by atoms with Gasteiger partial charge in [-0.05, 0) is 47.6 Å². The predicted molar refractivity (Wildman–Crippen MR) is 72.7 cm³/mol. The van der Waals surface area contributed by atoms with E-state index in [4.69, 9.17) is 0 Å². The Labute approximate surface area is 113 Å². The Hall–Kier alpha value is -1.11. The first-order valence-electron chi connectivity index (χ1n) is 5.51. The van der Waals surface area contributed by atoms with Crippen LogP contribution in [0.2, 0.25) is 0 Å². The average molecular weight is 344 g/mol. The van der Waals surface area contributed by atoms with E-state index in [9.17, 15) is 9.59 Å². The summed E-state index contributed by atoms with van der Waals surface area (Å²) in [4.78, 5) is 23.5. The molecular weight excluding hydrogens is 331 g/mol. The van der Waals surface area contributed by atoms with Gasteiger partial charge in [-0.3, -0.25) is 9.59 Å². The van der Waals surface area contributed by atoms with Crippen LogP contribution < -0.4 is 10.6 Å². The van der Waals surface area contributed by atoms with Crippen molar-refractivity contribution >= 4 is 34.4 Å². The van der Waals surface area contributed by atoms with E-state index in [-0.39, 0.29) is 11.8 Å². The average Bonchev–Trinajstić information content (AvgIpc) is 2.32. The largest absolute Gasteiger partial charge is 0.354 e. The van der Waals surface area contributed by atoms with Crippen LogP contribution in [0.3, 0.4) is 0 Å². The van der Waals surface area contributed by atoms with Crippen molar-refractivity contribution in [3.05, 3.63) is 33.4 Å². The van der Waals surface area contributed by atoms with E-state index in [1.807, 2.05) is 18.2 Å². The van der Waals surface area contributed by atoms with Crippen molar-refractivity contribution in [1.29, 1.82) is 0 Å². The summed E-state index contributed by atoms with van der Waals surface area (Å²) in [5.74, 6) is -0.271. The number of carbonyl (C=O) groups is 2. The smallest absolute Gasteiger partial charge is 0.253 e. The molecule has 17 heavy (non-hydrogen) atoms. The third-order valence-corrected chi connectivity index (χ3v) is 3.65. The quantitative estimate of drug-likeness (QED) is 0.795. The van der Waals surface area contributed by atoms with Gasteiger partial charge >= 0.3 is 0 Å². The third kappa shape index (κ3) is 2.96. The lowest BCUT2D eigenvalue weighted by Crippen LogP contribution is -2.50. The van der Waals surface area contributed by atoms with Gasteiger partial charge in [0.2, 0.25) is 5.91 Å². The van der Waals surface area contributed by atoms with Crippen molar-refractivity contribution in [2.75, 3.05) is 6.54 Å². The molecule has 0 saturated carbocycles. The van der Waals surface area contributed by atoms with Gasteiger partial charge < -0.3 is 10.6 Å². The fourth-order valence-corrected chi connectivity index (χ4v) is 2.42. The molecule has 0 spiro atoms. The Balaban J connectivity index is 2.06. The second-order valence-corrected chi connectivity index (χ2v) is 5.10. The van der Waals surface area contributed by atoms with Gasteiger partial charge in [-0.2, -0.15) is 0 Å². The molecule has 4 nitrogen and oxygen atoms in total. The highest BCUT2D eigenvalue weighted by molar-refractivity contribution is 14.1. The predicted octanol–water partition coefficient (Wildman–Crippen LogP) is 1.30. The molecular formula is C12H13IN2O2. The lowest BCUT2D eigenvalue weighted by Gasteiger charge is -2.22. The highest BCUT2D eigenvalue weighted by Crippen LogP contribution is 2.12. The van der Waals surface area contributed by atoms with Gasteiger partial charge in [0, 0.05) is 10.1 Å². The van der Waals surface area contributed by atoms with Crippen molar-refractivity contribution in [2.45, 2.75) is 18.9 Å². The van der Waals surface area contributed by atoms with Gasteiger partial charge in [0.25, 0.3) is 5.91 Å². The molecule has 0 bridgehead atoms. The molecule has 0 aromatic heterocycles. The van der Waals surface area contributed by atoms with Gasteiger partial charge in [-0.25, -0.2) is 0 Å². The van der Waals surface area contributed by atoms with Crippen LogP contribution in [0.15, 0.2) is 24.3 Å². The fourth-order valence-electron chi connectivity index (χ4n) is 1.79. The highest BCUT2D eigenvalue weighted by atomic mass is 127.